The standard InChI is InChI=1S/C25H30N6O2.ClH/c1-5-31-28-25(27-29-31)17-9-7-8-16(12-17)24-19-14-23(33-6-2)22(32-4)13-18(19)20-15-30(3)11-10-21(20)26-24;/h7-9,12-14,20-21H,5-6,10-11,15H2,1-4H3;1H/t20-,21-;/m1./s1. The molecule has 3 heterocycles. The van der Waals surface area contributed by atoms with E-state index >= 15 is 0 Å². The maximum Gasteiger partial charge on any atom is 0.204 e. The summed E-state index contributed by atoms with van der Waals surface area (Å²) in [6, 6.07) is 12.8. The van der Waals surface area contributed by atoms with E-state index in [-0.39, 0.29) is 18.4 Å². The van der Waals surface area contributed by atoms with Gasteiger partial charge in [0.15, 0.2) is 11.5 Å². The van der Waals surface area contributed by atoms with Gasteiger partial charge in [0.25, 0.3) is 0 Å². The van der Waals surface area contributed by atoms with Gasteiger partial charge in [-0.2, -0.15) is 4.80 Å². The first-order chi connectivity index (χ1) is 16.1. The molecule has 2 aliphatic heterocycles. The summed E-state index contributed by atoms with van der Waals surface area (Å²) < 4.78 is 11.6. The Bertz CT molecular complexity index is 1190. The minimum absolute atomic E-state index is 0. The van der Waals surface area contributed by atoms with Crippen LogP contribution in [0.15, 0.2) is 41.4 Å². The van der Waals surface area contributed by atoms with Crippen molar-refractivity contribution in [3.63, 3.8) is 0 Å². The Labute approximate surface area is 206 Å². The van der Waals surface area contributed by atoms with Crippen LogP contribution in [0.2, 0.25) is 0 Å². The number of fused-ring (bicyclic) bond motifs is 3. The van der Waals surface area contributed by atoms with Gasteiger partial charge in [-0.25, -0.2) is 0 Å². The summed E-state index contributed by atoms with van der Waals surface area (Å²) in [5.74, 6) is 2.48. The third-order valence-electron chi connectivity index (χ3n) is 6.49. The van der Waals surface area contributed by atoms with Crippen molar-refractivity contribution in [3.8, 4) is 22.9 Å². The molecule has 2 atom stereocenters. The highest BCUT2D eigenvalue weighted by Crippen LogP contribution is 2.42. The summed E-state index contributed by atoms with van der Waals surface area (Å²) in [6.07, 6.45) is 1.03. The molecule has 3 aromatic rings. The van der Waals surface area contributed by atoms with E-state index in [1.54, 1.807) is 11.9 Å². The van der Waals surface area contributed by atoms with E-state index in [4.69, 9.17) is 14.5 Å². The number of hydrogen-bond acceptors (Lipinski definition) is 7. The van der Waals surface area contributed by atoms with Crippen LogP contribution in [0, 0.1) is 0 Å². The van der Waals surface area contributed by atoms with Gasteiger partial charge in [0.2, 0.25) is 5.82 Å². The second kappa shape index (κ2) is 10.1. The van der Waals surface area contributed by atoms with Crippen molar-refractivity contribution in [2.24, 2.45) is 4.99 Å². The molecule has 1 saturated heterocycles. The van der Waals surface area contributed by atoms with Crippen LogP contribution in [0.5, 0.6) is 11.5 Å². The molecule has 8 nitrogen and oxygen atoms in total. The van der Waals surface area contributed by atoms with Crippen molar-refractivity contribution in [1.82, 2.24) is 25.1 Å². The molecule has 0 radical (unpaired) electrons. The van der Waals surface area contributed by atoms with Crippen molar-refractivity contribution in [2.45, 2.75) is 38.8 Å². The lowest BCUT2D eigenvalue weighted by Crippen LogP contribution is -2.41. The maximum absolute atomic E-state index is 5.92. The second-order valence-corrected chi connectivity index (χ2v) is 8.61. The number of piperidine rings is 1. The zero-order valence-electron chi connectivity index (χ0n) is 20.1. The average molecular weight is 483 g/mol. The van der Waals surface area contributed by atoms with E-state index in [1.807, 2.05) is 26.0 Å². The van der Waals surface area contributed by atoms with Crippen LogP contribution in [0.1, 0.15) is 42.9 Å². The number of hydrogen-bond donors (Lipinski definition) is 0. The molecule has 0 aliphatic carbocycles. The number of halogens is 1. The highest BCUT2D eigenvalue weighted by molar-refractivity contribution is 6.15. The molecule has 5 rings (SSSR count). The molecule has 0 amide bonds. The Morgan fingerprint density at radius 2 is 1.91 bits per heavy atom. The first-order valence-electron chi connectivity index (χ1n) is 11.6. The summed E-state index contributed by atoms with van der Waals surface area (Å²) >= 11 is 0. The van der Waals surface area contributed by atoms with E-state index in [0.29, 0.717) is 24.9 Å². The number of ether oxygens (including phenoxy) is 2. The minimum Gasteiger partial charge on any atom is -0.493 e. The fraction of sp³-hybridized carbons (Fsp3) is 0.440. The molecule has 0 spiro atoms. The van der Waals surface area contributed by atoms with Crippen LogP contribution in [0.3, 0.4) is 0 Å². The molecule has 0 unspecified atom stereocenters. The van der Waals surface area contributed by atoms with Gasteiger partial charge >= 0.3 is 0 Å². The van der Waals surface area contributed by atoms with Crippen LogP contribution >= 0.6 is 12.4 Å². The van der Waals surface area contributed by atoms with Gasteiger partial charge in [0, 0.05) is 29.2 Å². The van der Waals surface area contributed by atoms with Gasteiger partial charge < -0.3 is 14.4 Å². The largest absolute Gasteiger partial charge is 0.493 e. The van der Waals surface area contributed by atoms with Crippen LogP contribution in [0.25, 0.3) is 11.4 Å². The third-order valence-corrected chi connectivity index (χ3v) is 6.49. The van der Waals surface area contributed by atoms with Gasteiger partial charge in [0.05, 0.1) is 32.0 Å². The number of methoxy groups -OCH3 is 1. The third kappa shape index (κ3) is 4.40. The number of aliphatic imine (C=N–C) groups is 1. The first-order valence-corrected chi connectivity index (χ1v) is 11.6. The normalized spacial score (nSPS) is 19.5. The molecule has 2 aromatic carbocycles. The van der Waals surface area contributed by atoms with Gasteiger partial charge in [-0.15, -0.1) is 22.6 Å². The smallest absolute Gasteiger partial charge is 0.204 e. The Hall–Kier alpha value is -2.97. The number of rotatable bonds is 6. The minimum atomic E-state index is 0. The zero-order valence-corrected chi connectivity index (χ0v) is 20.9. The number of aryl methyl sites for hydroxylation is 1. The Morgan fingerprint density at radius 3 is 2.65 bits per heavy atom. The summed E-state index contributed by atoms with van der Waals surface area (Å²) in [7, 11) is 3.88. The highest BCUT2D eigenvalue weighted by atomic mass is 35.5. The number of tetrazole rings is 1. The SMILES string of the molecule is CCOc1cc2c(cc1OC)[C@H]1CN(C)CC[C@H]1N=C2c1cccc(-c2nnn(CC)n2)c1.Cl. The van der Waals surface area contributed by atoms with Crippen molar-refractivity contribution in [3.05, 3.63) is 53.1 Å². The van der Waals surface area contributed by atoms with Gasteiger partial charge in [0.1, 0.15) is 0 Å². The van der Waals surface area contributed by atoms with Crippen molar-refractivity contribution >= 4 is 18.1 Å². The fourth-order valence-corrected chi connectivity index (χ4v) is 4.84. The Balaban J connectivity index is 0.00000274. The Kier molecular flexibility index (Phi) is 7.19. The first kappa shape index (κ1) is 24.2. The lowest BCUT2D eigenvalue weighted by atomic mass is 9.79. The molecular formula is C25H31ClN6O2. The molecule has 180 valence electrons. The lowest BCUT2D eigenvalue weighted by molar-refractivity contribution is 0.227. The molecule has 9 heteroatoms. The highest BCUT2D eigenvalue weighted by Gasteiger charge is 2.36. The van der Waals surface area contributed by atoms with Gasteiger partial charge in [-0.3, -0.25) is 4.99 Å². The predicted octanol–water partition coefficient (Wildman–Crippen LogP) is 3.83. The summed E-state index contributed by atoms with van der Waals surface area (Å²) in [6.45, 7) is 7.27. The van der Waals surface area contributed by atoms with Gasteiger partial charge in [-0.1, -0.05) is 18.2 Å². The second-order valence-electron chi connectivity index (χ2n) is 8.61. The average Bonchev–Trinajstić information content (AvgIpc) is 3.33. The molecule has 0 saturated carbocycles. The van der Waals surface area contributed by atoms with Crippen molar-refractivity contribution in [1.29, 1.82) is 0 Å². The molecule has 1 fully saturated rings. The van der Waals surface area contributed by atoms with Crippen molar-refractivity contribution in [2.75, 3.05) is 33.9 Å². The maximum atomic E-state index is 5.92. The van der Waals surface area contributed by atoms with Crippen LogP contribution < -0.4 is 9.47 Å². The summed E-state index contributed by atoms with van der Waals surface area (Å²) in [4.78, 5) is 9.28. The summed E-state index contributed by atoms with van der Waals surface area (Å²) in [5, 5.41) is 12.8. The molecule has 34 heavy (non-hydrogen) atoms. The lowest BCUT2D eigenvalue weighted by Gasteiger charge is -2.39. The van der Waals surface area contributed by atoms with E-state index in [1.165, 1.54) is 5.56 Å². The van der Waals surface area contributed by atoms with Gasteiger partial charge in [-0.05, 0) is 62.8 Å². The van der Waals surface area contributed by atoms with Crippen LogP contribution in [-0.2, 0) is 6.54 Å². The van der Waals surface area contributed by atoms with Crippen molar-refractivity contribution < 1.29 is 9.47 Å². The molecule has 0 N–H and O–H groups in total. The molecule has 1 aromatic heterocycles. The number of aromatic nitrogens is 4. The Morgan fingerprint density at radius 1 is 1.09 bits per heavy atom. The van der Waals surface area contributed by atoms with E-state index < -0.39 is 0 Å². The van der Waals surface area contributed by atoms with Crippen LogP contribution in [0.4, 0.5) is 0 Å². The fourth-order valence-electron chi connectivity index (χ4n) is 4.84. The number of benzene rings is 2. The molecule has 2 aliphatic rings. The quantitative estimate of drug-likeness (QED) is 0.531. The number of likely N-dealkylation sites (tertiary alicyclic amines) is 1. The van der Waals surface area contributed by atoms with E-state index in [0.717, 1.165) is 53.4 Å². The number of nitrogens with zero attached hydrogens (tertiary/aromatic N) is 6. The predicted molar refractivity (Wildman–Crippen MR) is 135 cm³/mol. The molecular weight excluding hydrogens is 452 g/mol. The molecule has 0 bridgehead atoms. The van der Waals surface area contributed by atoms with E-state index in [2.05, 4.69) is 51.6 Å². The monoisotopic (exact) mass is 482 g/mol. The topological polar surface area (TPSA) is 77.7 Å². The van der Waals surface area contributed by atoms with Crippen LogP contribution in [-0.4, -0.2) is 70.7 Å². The van der Waals surface area contributed by atoms with E-state index in [9.17, 15) is 0 Å². The zero-order chi connectivity index (χ0) is 22.9. The number of likely N-dealkylation sites (N-methyl/N-ethyl adjacent to an activating group) is 1. The summed E-state index contributed by atoms with van der Waals surface area (Å²) in [5.41, 5.74) is 5.35.